The van der Waals surface area contributed by atoms with Crippen molar-refractivity contribution >= 4 is 0 Å². The second-order valence-electron chi connectivity index (χ2n) is 5.03. The van der Waals surface area contributed by atoms with E-state index in [1.807, 2.05) is 0 Å². The van der Waals surface area contributed by atoms with Crippen LogP contribution in [0.15, 0.2) is 18.2 Å². The van der Waals surface area contributed by atoms with E-state index in [0.29, 0.717) is 0 Å². The molecule has 0 unspecified atom stereocenters. The first-order valence-electron chi connectivity index (χ1n) is 6.67. The summed E-state index contributed by atoms with van der Waals surface area (Å²) in [5, 5.41) is 3.40. The van der Waals surface area contributed by atoms with Gasteiger partial charge in [-0.1, -0.05) is 12.1 Å². The number of nitrogens with one attached hydrogen (secondary N) is 1. The van der Waals surface area contributed by atoms with Gasteiger partial charge in [-0.2, -0.15) is 0 Å². The van der Waals surface area contributed by atoms with Gasteiger partial charge >= 0.3 is 0 Å². The van der Waals surface area contributed by atoms with Gasteiger partial charge < -0.3 is 10.1 Å². The Morgan fingerprint density at radius 2 is 2.00 bits per heavy atom. The van der Waals surface area contributed by atoms with E-state index in [4.69, 9.17) is 4.74 Å². The van der Waals surface area contributed by atoms with Gasteiger partial charge in [0.15, 0.2) is 0 Å². The molecule has 1 aromatic rings. The van der Waals surface area contributed by atoms with E-state index in [1.165, 1.54) is 43.5 Å². The van der Waals surface area contributed by atoms with Crippen molar-refractivity contribution in [1.29, 1.82) is 0 Å². The smallest absolute Gasteiger partial charge is 0.122 e. The Morgan fingerprint density at radius 1 is 1.24 bits per heavy atom. The molecule has 0 saturated carbocycles. The van der Waals surface area contributed by atoms with Crippen molar-refractivity contribution < 1.29 is 4.74 Å². The van der Waals surface area contributed by atoms with Gasteiger partial charge in [-0.3, -0.25) is 0 Å². The zero-order chi connectivity index (χ0) is 12.1. The number of rotatable bonds is 4. The number of piperidine rings is 1. The molecule has 0 amide bonds. The SMILES string of the molecule is Cc1cccc(OCCC2CCNCC2)c1C. The molecule has 1 aliphatic heterocycles. The topological polar surface area (TPSA) is 21.3 Å². The maximum atomic E-state index is 5.90. The number of hydrogen-bond acceptors (Lipinski definition) is 2. The van der Waals surface area contributed by atoms with Crippen molar-refractivity contribution in [2.24, 2.45) is 5.92 Å². The zero-order valence-corrected chi connectivity index (χ0v) is 11.0. The van der Waals surface area contributed by atoms with E-state index in [9.17, 15) is 0 Å². The fourth-order valence-corrected chi connectivity index (χ4v) is 2.39. The largest absolute Gasteiger partial charge is 0.493 e. The molecule has 1 heterocycles. The highest BCUT2D eigenvalue weighted by Crippen LogP contribution is 2.22. The first-order valence-corrected chi connectivity index (χ1v) is 6.67. The summed E-state index contributed by atoms with van der Waals surface area (Å²) in [5.74, 6) is 1.90. The fraction of sp³-hybridized carbons (Fsp3) is 0.600. The summed E-state index contributed by atoms with van der Waals surface area (Å²) in [7, 11) is 0. The van der Waals surface area contributed by atoms with Crippen LogP contribution < -0.4 is 10.1 Å². The van der Waals surface area contributed by atoms with Crippen molar-refractivity contribution in [1.82, 2.24) is 5.32 Å². The maximum Gasteiger partial charge on any atom is 0.122 e. The Balaban J connectivity index is 1.79. The van der Waals surface area contributed by atoms with E-state index in [2.05, 4.69) is 37.4 Å². The molecule has 2 nitrogen and oxygen atoms in total. The van der Waals surface area contributed by atoms with Gasteiger partial charge in [0.05, 0.1) is 6.61 Å². The van der Waals surface area contributed by atoms with Gasteiger partial charge in [0, 0.05) is 0 Å². The molecule has 1 saturated heterocycles. The van der Waals surface area contributed by atoms with Crippen LogP contribution in [0.25, 0.3) is 0 Å². The molecule has 1 aromatic carbocycles. The summed E-state index contributed by atoms with van der Waals surface area (Å²) in [6.45, 7) is 7.47. The van der Waals surface area contributed by atoms with Crippen LogP contribution in [0.3, 0.4) is 0 Å². The highest BCUT2D eigenvalue weighted by atomic mass is 16.5. The summed E-state index contributed by atoms with van der Waals surface area (Å²) >= 11 is 0. The Labute approximate surface area is 104 Å². The molecule has 0 aromatic heterocycles. The lowest BCUT2D eigenvalue weighted by molar-refractivity contribution is 0.250. The maximum absolute atomic E-state index is 5.90. The van der Waals surface area contributed by atoms with E-state index in [0.717, 1.165) is 18.3 Å². The van der Waals surface area contributed by atoms with Gasteiger partial charge in [0.1, 0.15) is 5.75 Å². The molecule has 0 aliphatic carbocycles. The summed E-state index contributed by atoms with van der Waals surface area (Å²) in [4.78, 5) is 0. The van der Waals surface area contributed by atoms with E-state index < -0.39 is 0 Å². The van der Waals surface area contributed by atoms with Crippen molar-refractivity contribution in [3.05, 3.63) is 29.3 Å². The summed E-state index contributed by atoms with van der Waals surface area (Å²) in [5.41, 5.74) is 2.59. The molecule has 0 atom stereocenters. The van der Waals surface area contributed by atoms with Crippen LogP contribution in [0, 0.1) is 19.8 Å². The summed E-state index contributed by atoms with van der Waals surface area (Å²) in [6.07, 6.45) is 3.79. The highest BCUT2D eigenvalue weighted by Gasteiger charge is 2.12. The minimum Gasteiger partial charge on any atom is -0.493 e. The third-order valence-electron chi connectivity index (χ3n) is 3.80. The minimum absolute atomic E-state index is 0.848. The minimum atomic E-state index is 0.848. The van der Waals surface area contributed by atoms with Crippen LogP contribution in [0.4, 0.5) is 0 Å². The second-order valence-corrected chi connectivity index (χ2v) is 5.03. The predicted molar refractivity (Wildman–Crippen MR) is 71.6 cm³/mol. The van der Waals surface area contributed by atoms with Crippen LogP contribution in [0.5, 0.6) is 5.75 Å². The molecule has 0 radical (unpaired) electrons. The molecule has 94 valence electrons. The number of ether oxygens (including phenoxy) is 1. The molecule has 0 bridgehead atoms. The molecule has 1 N–H and O–H groups in total. The molecular formula is C15H23NO. The number of benzene rings is 1. The lowest BCUT2D eigenvalue weighted by Gasteiger charge is -2.22. The van der Waals surface area contributed by atoms with Crippen molar-refractivity contribution in [3.8, 4) is 5.75 Å². The molecule has 17 heavy (non-hydrogen) atoms. The Bertz CT molecular complexity index is 356. The normalized spacial score (nSPS) is 17.1. The Hall–Kier alpha value is -1.02. The van der Waals surface area contributed by atoms with E-state index in [-0.39, 0.29) is 0 Å². The van der Waals surface area contributed by atoms with Gasteiger partial charge in [-0.15, -0.1) is 0 Å². The van der Waals surface area contributed by atoms with Gasteiger partial charge in [-0.05, 0) is 69.3 Å². The average molecular weight is 233 g/mol. The lowest BCUT2D eigenvalue weighted by atomic mass is 9.95. The standard InChI is InChI=1S/C15H23NO/c1-12-4-3-5-15(13(12)2)17-11-8-14-6-9-16-10-7-14/h3-5,14,16H,6-11H2,1-2H3. The first kappa shape index (κ1) is 12.4. The first-order chi connectivity index (χ1) is 8.27. The summed E-state index contributed by atoms with van der Waals surface area (Å²) < 4.78 is 5.90. The average Bonchev–Trinajstić information content (AvgIpc) is 2.36. The molecular weight excluding hydrogens is 210 g/mol. The van der Waals surface area contributed by atoms with Gasteiger partial charge in [-0.25, -0.2) is 0 Å². The molecule has 1 aliphatic rings. The van der Waals surface area contributed by atoms with Crippen LogP contribution in [0.1, 0.15) is 30.4 Å². The van der Waals surface area contributed by atoms with Gasteiger partial charge in [0.2, 0.25) is 0 Å². The van der Waals surface area contributed by atoms with Crippen molar-refractivity contribution in [2.45, 2.75) is 33.1 Å². The highest BCUT2D eigenvalue weighted by molar-refractivity contribution is 5.38. The van der Waals surface area contributed by atoms with Crippen LogP contribution in [-0.4, -0.2) is 19.7 Å². The van der Waals surface area contributed by atoms with E-state index >= 15 is 0 Å². The second kappa shape index (κ2) is 6.06. The monoisotopic (exact) mass is 233 g/mol. The number of aryl methyl sites for hydroxylation is 1. The van der Waals surface area contributed by atoms with Gasteiger partial charge in [0.25, 0.3) is 0 Å². The third kappa shape index (κ3) is 3.47. The quantitative estimate of drug-likeness (QED) is 0.863. The van der Waals surface area contributed by atoms with Crippen LogP contribution in [-0.2, 0) is 0 Å². The summed E-state index contributed by atoms with van der Waals surface area (Å²) in [6, 6.07) is 6.28. The van der Waals surface area contributed by atoms with E-state index in [1.54, 1.807) is 0 Å². The Kier molecular flexibility index (Phi) is 4.43. The number of hydrogen-bond donors (Lipinski definition) is 1. The lowest BCUT2D eigenvalue weighted by Crippen LogP contribution is -2.28. The zero-order valence-electron chi connectivity index (χ0n) is 11.0. The molecule has 0 spiro atoms. The van der Waals surface area contributed by atoms with Crippen molar-refractivity contribution in [2.75, 3.05) is 19.7 Å². The Morgan fingerprint density at radius 3 is 2.76 bits per heavy atom. The predicted octanol–water partition coefficient (Wildman–Crippen LogP) is 3.07. The van der Waals surface area contributed by atoms with Crippen molar-refractivity contribution in [3.63, 3.8) is 0 Å². The molecule has 2 heteroatoms. The fourth-order valence-electron chi connectivity index (χ4n) is 2.39. The van der Waals surface area contributed by atoms with Crippen LogP contribution >= 0.6 is 0 Å². The molecule has 2 rings (SSSR count). The molecule has 1 fully saturated rings. The third-order valence-corrected chi connectivity index (χ3v) is 3.80. The van der Waals surface area contributed by atoms with Crippen LogP contribution in [0.2, 0.25) is 0 Å².